The maximum Gasteiger partial charge on any atom is 0.443 e. The van der Waals surface area contributed by atoms with Gasteiger partial charge in [0, 0.05) is 61.0 Å². The van der Waals surface area contributed by atoms with Crippen molar-refractivity contribution in [3.8, 4) is 45.3 Å². The van der Waals surface area contributed by atoms with Gasteiger partial charge in [0.15, 0.2) is 23.0 Å². The van der Waals surface area contributed by atoms with Gasteiger partial charge in [-0.05, 0) is 84.1 Å². The first-order chi connectivity index (χ1) is 23.1. The molecule has 2 fully saturated rings. The van der Waals surface area contributed by atoms with Gasteiger partial charge in [0.05, 0.1) is 27.4 Å². The van der Waals surface area contributed by atoms with Gasteiger partial charge in [0.2, 0.25) is 0 Å². The zero-order valence-corrected chi connectivity index (χ0v) is 27.6. The van der Waals surface area contributed by atoms with Gasteiger partial charge in [0.1, 0.15) is 0 Å². The van der Waals surface area contributed by atoms with Crippen LogP contribution in [0.3, 0.4) is 0 Å². The smallest absolute Gasteiger partial charge is 0.443 e. The van der Waals surface area contributed by atoms with Crippen LogP contribution in [-0.4, -0.2) is 64.9 Å². The van der Waals surface area contributed by atoms with Crippen LogP contribution in [0.2, 0.25) is 12.6 Å². The zero-order chi connectivity index (χ0) is 32.6. The van der Waals surface area contributed by atoms with Gasteiger partial charge >= 0.3 is 14.2 Å². The number of nitrogens with zero attached hydrogens (tertiary/aromatic N) is 2. The Morgan fingerprint density at radius 1 is 0.617 bits per heavy atom. The third-order valence-electron chi connectivity index (χ3n) is 8.60. The summed E-state index contributed by atoms with van der Waals surface area (Å²) >= 11 is 0. The van der Waals surface area contributed by atoms with Crippen molar-refractivity contribution in [1.29, 1.82) is 0 Å². The molecule has 4 heterocycles. The van der Waals surface area contributed by atoms with E-state index >= 15 is 0 Å². The lowest BCUT2D eigenvalue weighted by Gasteiger charge is -2.14. The van der Waals surface area contributed by atoms with E-state index in [1.54, 1.807) is 14.2 Å². The van der Waals surface area contributed by atoms with Crippen molar-refractivity contribution in [3.63, 3.8) is 0 Å². The van der Waals surface area contributed by atoms with Gasteiger partial charge in [-0.2, -0.15) is 0 Å². The molecular formula is C36H42B2N2O7. The van der Waals surface area contributed by atoms with Crippen molar-refractivity contribution < 1.29 is 32.8 Å². The Hall–Kier alpha value is -4.05. The Kier molecular flexibility index (Phi) is 11.0. The highest BCUT2D eigenvalue weighted by molar-refractivity contribution is 6.60. The Morgan fingerprint density at radius 2 is 1.09 bits per heavy atom. The highest BCUT2D eigenvalue weighted by Gasteiger charge is 2.40. The molecule has 0 saturated carbocycles. The van der Waals surface area contributed by atoms with E-state index in [-0.39, 0.29) is 26.1 Å². The lowest BCUT2D eigenvalue weighted by molar-refractivity contribution is 0.256. The number of pyridine rings is 2. The highest BCUT2D eigenvalue weighted by Crippen LogP contribution is 2.38. The van der Waals surface area contributed by atoms with E-state index in [0.717, 1.165) is 81.9 Å². The minimum absolute atomic E-state index is 0.176. The average Bonchev–Trinajstić information content (AvgIpc) is 3.80. The Bertz CT molecular complexity index is 1520. The summed E-state index contributed by atoms with van der Waals surface area (Å²) in [6.45, 7) is 6.57. The monoisotopic (exact) mass is 636 g/mol. The van der Waals surface area contributed by atoms with Gasteiger partial charge in [-0.15, -0.1) is 0 Å². The van der Waals surface area contributed by atoms with Crippen LogP contribution < -0.4 is 18.9 Å². The topological polar surface area (TPSA) is 90.4 Å². The molecule has 9 nitrogen and oxygen atoms in total. The first-order valence-corrected chi connectivity index (χ1v) is 16.5. The second-order valence-electron chi connectivity index (χ2n) is 12.0. The lowest BCUT2D eigenvalue weighted by atomic mass is 9.72. The highest BCUT2D eigenvalue weighted by atomic mass is 16.6. The van der Waals surface area contributed by atoms with Gasteiger partial charge in [0.25, 0.3) is 0 Å². The largest absolute Gasteiger partial charge is 0.493 e. The second kappa shape index (κ2) is 15.7. The minimum atomic E-state index is -0.340. The molecule has 0 spiro atoms. The molecule has 6 rings (SSSR count). The van der Waals surface area contributed by atoms with Gasteiger partial charge < -0.3 is 32.8 Å². The minimum Gasteiger partial charge on any atom is -0.493 e. The molecule has 2 saturated heterocycles. The molecule has 0 aliphatic carbocycles. The molecule has 0 bridgehead atoms. The van der Waals surface area contributed by atoms with Crippen molar-refractivity contribution in [2.24, 2.45) is 0 Å². The lowest BCUT2D eigenvalue weighted by Crippen LogP contribution is -2.28. The number of aromatic nitrogens is 2. The average molecular weight is 636 g/mol. The number of benzene rings is 2. The van der Waals surface area contributed by atoms with Crippen LogP contribution in [0.1, 0.15) is 49.7 Å². The molecule has 0 unspecified atom stereocenters. The second-order valence-corrected chi connectivity index (χ2v) is 12.0. The molecular weight excluding hydrogens is 594 g/mol. The van der Waals surface area contributed by atoms with Crippen molar-refractivity contribution in [2.75, 3.05) is 40.6 Å². The van der Waals surface area contributed by atoms with Gasteiger partial charge in [-0.3, -0.25) is 9.97 Å². The fraction of sp³-hybridized carbons (Fsp3) is 0.389. The fourth-order valence-electron chi connectivity index (χ4n) is 6.05. The summed E-state index contributed by atoms with van der Waals surface area (Å²) in [6, 6.07) is 16.3. The van der Waals surface area contributed by atoms with Crippen LogP contribution >= 0.6 is 0 Å². The summed E-state index contributed by atoms with van der Waals surface area (Å²) < 4.78 is 41.3. The van der Waals surface area contributed by atoms with Crippen LogP contribution in [0.15, 0.2) is 73.3 Å². The standard InChI is InChI=1S/C36H42B2N2O7/c1-5-11-43-35-15-25(7-9-33(35)41-3)27-13-29(21-39-19-27)31-17-37(45-23-31)47-38-18-32(24-46-38)30-14-28(20-40-22-30)26-8-10-34(42-4)36(16-26)44-12-6-2/h7-10,13-16,19-22,31-32H,5-6,11-12,17-18,23-24H2,1-4H3/t31-,32-/m1/s1. The number of rotatable bonds is 14. The summed E-state index contributed by atoms with van der Waals surface area (Å²) in [5, 5.41) is 0. The predicted molar refractivity (Wildman–Crippen MR) is 184 cm³/mol. The molecule has 4 aromatic rings. The van der Waals surface area contributed by atoms with Crippen LogP contribution in [0.4, 0.5) is 0 Å². The molecule has 2 aliphatic rings. The summed E-state index contributed by atoms with van der Waals surface area (Å²) in [5.41, 5.74) is 6.34. The van der Waals surface area contributed by atoms with E-state index in [9.17, 15) is 0 Å². The Balaban J connectivity index is 1.06. The van der Waals surface area contributed by atoms with Crippen molar-refractivity contribution >= 4 is 14.2 Å². The number of hydrogen-bond donors (Lipinski definition) is 0. The van der Waals surface area contributed by atoms with Crippen LogP contribution in [0.25, 0.3) is 22.3 Å². The van der Waals surface area contributed by atoms with Crippen LogP contribution in [-0.2, 0) is 13.9 Å². The molecule has 2 aromatic carbocycles. The van der Waals surface area contributed by atoms with Gasteiger partial charge in [-0.25, -0.2) is 0 Å². The van der Waals surface area contributed by atoms with Crippen molar-refractivity contribution in [1.82, 2.24) is 9.97 Å². The number of ether oxygens (including phenoxy) is 4. The maximum absolute atomic E-state index is 6.32. The molecule has 2 aliphatic heterocycles. The van der Waals surface area contributed by atoms with E-state index < -0.39 is 0 Å². The molecule has 244 valence electrons. The van der Waals surface area contributed by atoms with E-state index in [2.05, 4.69) is 35.9 Å². The normalized spacial score (nSPS) is 17.6. The van der Waals surface area contributed by atoms with E-state index in [1.165, 1.54) is 0 Å². The SMILES string of the molecule is CCCOc1cc(-c2cncc([C@H]3COB(OB4C[C@@H](c5cncc(-c6ccc(OC)c(OCCC)c6)c5)CO4)C3)c2)ccc1OC. The van der Waals surface area contributed by atoms with Crippen molar-refractivity contribution in [3.05, 3.63) is 84.4 Å². The van der Waals surface area contributed by atoms with Crippen LogP contribution in [0, 0.1) is 0 Å². The first-order valence-electron chi connectivity index (χ1n) is 16.5. The third kappa shape index (κ3) is 7.92. The van der Waals surface area contributed by atoms with E-state index in [1.807, 2.05) is 61.2 Å². The Morgan fingerprint density at radius 3 is 1.51 bits per heavy atom. The number of hydrogen-bond acceptors (Lipinski definition) is 9. The molecule has 0 amide bonds. The molecule has 2 aromatic heterocycles. The fourth-order valence-corrected chi connectivity index (χ4v) is 6.05. The predicted octanol–water partition coefficient (Wildman–Crippen LogP) is 7.33. The van der Waals surface area contributed by atoms with E-state index in [4.69, 9.17) is 32.8 Å². The van der Waals surface area contributed by atoms with Crippen molar-refractivity contribution in [2.45, 2.75) is 51.2 Å². The summed E-state index contributed by atoms with van der Waals surface area (Å²) in [6.07, 6.45) is 10.9. The molecule has 0 radical (unpaired) electrons. The molecule has 0 N–H and O–H groups in total. The molecule has 2 atom stereocenters. The first kappa shape index (κ1) is 32.9. The zero-order valence-electron chi connectivity index (χ0n) is 27.6. The molecule has 11 heteroatoms. The quantitative estimate of drug-likeness (QED) is 0.132. The summed E-state index contributed by atoms with van der Waals surface area (Å²) in [4.78, 5) is 9.11. The molecule has 47 heavy (non-hydrogen) atoms. The maximum atomic E-state index is 6.32. The summed E-state index contributed by atoms with van der Waals surface area (Å²) in [5.74, 6) is 3.27. The van der Waals surface area contributed by atoms with E-state index in [0.29, 0.717) is 26.4 Å². The van der Waals surface area contributed by atoms with Crippen LogP contribution in [0.5, 0.6) is 23.0 Å². The van der Waals surface area contributed by atoms with Gasteiger partial charge in [-0.1, -0.05) is 26.0 Å². The third-order valence-corrected chi connectivity index (χ3v) is 8.60. The number of methoxy groups -OCH3 is 2. The Labute approximate surface area is 278 Å². The summed E-state index contributed by atoms with van der Waals surface area (Å²) in [7, 11) is 2.63.